The number of hydrogen-bond donors (Lipinski definition) is 0. The van der Waals surface area contributed by atoms with Gasteiger partial charge in [-0.15, -0.1) is 0 Å². The van der Waals surface area contributed by atoms with Crippen LogP contribution in [0.2, 0.25) is 0 Å². The van der Waals surface area contributed by atoms with Crippen LogP contribution in [0.4, 0.5) is 0 Å². The molecule has 0 aliphatic carbocycles. The Morgan fingerprint density at radius 3 is 1.18 bits per heavy atom. The minimum Gasteiger partial charge on any atom is -0.456 e. The quantitative estimate of drug-likeness (QED) is 0.174. The molecule has 5 nitrogen and oxygen atoms in total. The molecule has 0 N–H and O–H groups in total. The summed E-state index contributed by atoms with van der Waals surface area (Å²) >= 11 is 0. The average molecular weight is 829 g/mol. The van der Waals surface area contributed by atoms with Crippen LogP contribution in [-0.4, -0.2) is 18.3 Å². The van der Waals surface area contributed by atoms with E-state index in [1.807, 2.05) is 12.1 Å². The zero-order chi connectivity index (χ0) is 42.3. The smallest absolute Gasteiger partial charge is 0.137 e. The molecule has 0 spiro atoms. The fourth-order valence-electron chi connectivity index (χ4n) is 11.3. The molecule has 0 fully saturated rings. The van der Waals surface area contributed by atoms with Gasteiger partial charge in [0.15, 0.2) is 0 Å². The van der Waals surface area contributed by atoms with Crippen LogP contribution in [0.5, 0.6) is 0 Å². The first-order valence-electron chi connectivity index (χ1n) is 22.3. The van der Waals surface area contributed by atoms with E-state index in [4.69, 9.17) is 4.42 Å². The van der Waals surface area contributed by atoms with E-state index in [0.717, 1.165) is 55.7 Å². The molecule has 0 amide bonds. The molecule has 0 bridgehead atoms. The van der Waals surface area contributed by atoms with Crippen LogP contribution in [0.25, 0.3) is 132 Å². The van der Waals surface area contributed by atoms with Gasteiger partial charge in [-0.3, -0.25) is 0 Å². The van der Waals surface area contributed by atoms with Crippen molar-refractivity contribution in [3.63, 3.8) is 0 Å². The molecule has 302 valence electrons. The van der Waals surface area contributed by atoms with Crippen LogP contribution in [0.1, 0.15) is 0 Å². The molecular formula is C60H36N4O. The van der Waals surface area contributed by atoms with Gasteiger partial charge in [-0.25, -0.2) is 0 Å². The number of fused-ring (bicyclic) bond motifs is 17. The molecule has 0 radical (unpaired) electrons. The normalized spacial score (nSPS) is 12.3. The minimum absolute atomic E-state index is 0.880. The van der Waals surface area contributed by atoms with E-state index in [1.54, 1.807) is 0 Å². The van der Waals surface area contributed by atoms with Crippen molar-refractivity contribution in [2.45, 2.75) is 0 Å². The summed E-state index contributed by atoms with van der Waals surface area (Å²) in [5, 5.41) is 12.1. The first-order valence-corrected chi connectivity index (χ1v) is 22.3. The number of para-hydroxylation sites is 6. The highest BCUT2D eigenvalue weighted by Gasteiger charge is 2.25. The first-order chi connectivity index (χ1) is 32.3. The Labute approximate surface area is 371 Å². The molecule has 5 aromatic heterocycles. The Bertz CT molecular complexity index is 4290. The molecule has 0 aliphatic heterocycles. The fourth-order valence-corrected chi connectivity index (χ4v) is 11.3. The molecule has 65 heavy (non-hydrogen) atoms. The van der Waals surface area contributed by atoms with Crippen LogP contribution < -0.4 is 0 Å². The number of rotatable bonds is 4. The van der Waals surface area contributed by atoms with Gasteiger partial charge < -0.3 is 22.7 Å². The third-order valence-corrected chi connectivity index (χ3v) is 13.9. The van der Waals surface area contributed by atoms with Gasteiger partial charge in [-0.05, 0) is 97.1 Å². The van der Waals surface area contributed by atoms with Crippen molar-refractivity contribution in [3.8, 4) is 22.7 Å². The zero-order valence-corrected chi connectivity index (χ0v) is 35.0. The van der Waals surface area contributed by atoms with Crippen molar-refractivity contribution in [1.29, 1.82) is 0 Å². The highest BCUT2D eigenvalue weighted by atomic mass is 16.3. The Kier molecular flexibility index (Phi) is 6.89. The number of nitrogens with zero attached hydrogens (tertiary/aromatic N) is 4. The number of benzene rings is 10. The third kappa shape index (κ3) is 4.65. The van der Waals surface area contributed by atoms with Crippen LogP contribution in [0, 0.1) is 0 Å². The van der Waals surface area contributed by atoms with Gasteiger partial charge in [0, 0.05) is 82.7 Å². The van der Waals surface area contributed by atoms with Crippen molar-refractivity contribution in [3.05, 3.63) is 218 Å². The van der Waals surface area contributed by atoms with E-state index >= 15 is 0 Å². The maximum Gasteiger partial charge on any atom is 0.137 e. The van der Waals surface area contributed by atoms with E-state index in [9.17, 15) is 0 Å². The molecule has 5 heterocycles. The van der Waals surface area contributed by atoms with Crippen molar-refractivity contribution in [2.75, 3.05) is 0 Å². The molecule has 15 rings (SSSR count). The van der Waals surface area contributed by atoms with E-state index < -0.39 is 0 Å². The predicted molar refractivity (Wildman–Crippen MR) is 271 cm³/mol. The summed E-state index contributed by atoms with van der Waals surface area (Å²) in [5.41, 5.74) is 15.6. The lowest BCUT2D eigenvalue weighted by molar-refractivity contribution is 0.668. The predicted octanol–water partition coefficient (Wildman–Crippen LogP) is 16.0. The lowest BCUT2D eigenvalue weighted by Gasteiger charge is -2.12. The zero-order valence-electron chi connectivity index (χ0n) is 35.0. The molecule has 0 atom stereocenters. The molecule has 10 aromatic carbocycles. The molecule has 15 aromatic rings. The van der Waals surface area contributed by atoms with E-state index in [0.29, 0.717) is 0 Å². The summed E-state index contributed by atoms with van der Waals surface area (Å²) in [7, 11) is 0. The standard InChI is InChI=1S/C60H36N4O/c1-3-15-37(16-4-1)61-48-24-12-8-21-45(48)57-50(61)31-33-52-59(57)60-53(34-32-51-58(60)46-22-9-13-25-49(46)62(51)38-17-5-2-6-18-38)64(52)39-27-29-42-41-19-7-11-23-47(41)63(54(42)35-39)40-28-30-44-43-20-10-14-26-55(43)65-56(44)36-40/h1-36H. The molecule has 0 saturated heterocycles. The van der Waals surface area contributed by atoms with Crippen LogP contribution in [0.15, 0.2) is 223 Å². The minimum atomic E-state index is 0.880. The lowest BCUT2D eigenvalue weighted by atomic mass is 10.0. The second-order valence-corrected chi connectivity index (χ2v) is 17.3. The van der Waals surface area contributed by atoms with Crippen molar-refractivity contribution in [2.24, 2.45) is 0 Å². The summed E-state index contributed by atoms with van der Waals surface area (Å²) in [6.07, 6.45) is 0. The highest BCUT2D eigenvalue weighted by Crippen LogP contribution is 2.48. The Hall–Kier alpha value is -8.80. The Morgan fingerprint density at radius 2 is 0.600 bits per heavy atom. The molecule has 0 aliphatic rings. The lowest BCUT2D eigenvalue weighted by Crippen LogP contribution is -1.97. The van der Waals surface area contributed by atoms with Gasteiger partial charge in [0.25, 0.3) is 0 Å². The molecule has 5 heteroatoms. The average Bonchev–Trinajstić information content (AvgIpc) is 4.16. The van der Waals surface area contributed by atoms with E-state index in [2.05, 4.69) is 225 Å². The second-order valence-electron chi connectivity index (χ2n) is 17.3. The topological polar surface area (TPSA) is 32.9 Å². The van der Waals surface area contributed by atoms with Crippen molar-refractivity contribution >= 4 is 109 Å². The number of aromatic nitrogens is 4. The highest BCUT2D eigenvalue weighted by molar-refractivity contribution is 6.36. The Balaban J connectivity index is 1.10. The number of furan rings is 1. The van der Waals surface area contributed by atoms with Crippen molar-refractivity contribution in [1.82, 2.24) is 18.3 Å². The second kappa shape index (κ2) is 12.9. The number of hydrogen-bond acceptors (Lipinski definition) is 1. The van der Waals surface area contributed by atoms with Crippen molar-refractivity contribution < 1.29 is 4.42 Å². The maximum absolute atomic E-state index is 6.46. The van der Waals surface area contributed by atoms with Gasteiger partial charge in [0.05, 0.1) is 44.1 Å². The SMILES string of the molecule is c1ccc(-n2c3ccccc3c3c4c5c6c7ccccc7n(-c7ccccc7)c6ccc5n(-c5ccc6c7ccccc7n(-c7ccc8c(c7)oc7ccccc78)c6c5)c4ccc32)cc1. The third-order valence-electron chi connectivity index (χ3n) is 13.9. The largest absolute Gasteiger partial charge is 0.456 e. The summed E-state index contributed by atoms with van der Waals surface area (Å²) < 4.78 is 16.3. The van der Waals surface area contributed by atoms with E-state index in [-0.39, 0.29) is 0 Å². The van der Waals surface area contributed by atoms with Gasteiger partial charge in [-0.2, -0.15) is 0 Å². The summed E-state index contributed by atoms with van der Waals surface area (Å²) in [6.45, 7) is 0. The van der Waals surface area contributed by atoms with Crippen LogP contribution >= 0.6 is 0 Å². The summed E-state index contributed by atoms with van der Waals surface area (Å²) in [4.78, 5) is 0. The van der Waals surface area contributed by atoms with Gasteiger partial charge >= 0.3 is 0 Å². The first kappa shape index (κ1) is 34.7. The molecular weight excluding hydrogens is 793 g/mol. The van der Waals surface area contributed by atoms with Gasteiger partial charge in [0.1, 0.15) is 11.2 Å². The van der Waals surface area contributed by atoms with Crippen LogP contribution in [0.3, 0.4) is 0 Å². The Morgan fingerprint density at radius 1 is 0.215 bits per heavy atom. The van der Waals surface area contributed by atoms with E-state index in [1.165, 1.54) is 76.2 Å². The van der Waals surface area contributed by atoms with Gasteiger partial charge in [0.2, 0.25) is 0 Å². The molecule has 0 unspecified atom stereocenters. The van der Waals surface area contributed by atoms with Gasteiger partial charge in [-0.1, -0.05) is 115 Å². The van der Waals surface area contributed by atoms with Crippen LogP contribution in [-0.2, 0) is 0 Å². The molecule has 0 saturated carbocycles. The monoisotopic (exact) mass is 828 g/mol. The summed E-state index contributed by atoms with van der Waals surface area (Å²) in [6, 6.07) is 79.5. The fraction of sp³-hybridized carbons (Fsp3) is 0. The summed E-state index contributed by atoms with van der Waals surface area (Å²) in [5.74, 6) is 0. The maximum atomic E-state index is 6.46.